The predicted molar refractivity (Wildman–Crippen MR) is 46.4 cm³/mol. The molecule has 1 fully saturated rings. The average Bonchev–Trinajstić information content (AvgIpc) is 2.17. The van der Waals surface area contributed by atoms with Gasteiger partial charge in [0.25, 0.3) is 0 Å². The highest BCUT2D eigenvalue weighted by atomic mass is 32.3. The maximum atomic E-state index is 10.2. The Labute approximate surface area is 90.8 Å². The molecule has 16 heavy (non-hydrogen) atoms. The van der Waals surface area contributed by atoms with Crippen molar-refractivity contribution in [1.82, 2.24) is 0 Å². The second-order valence-corrected chi connectivity index (χ2v) is 4.34. The quantitative estimate of drug-likeness (QED) is 0.327. The van der Waals surface area contributed by atoms with E-state index in [1.54, 1.807) is 0 Å². The van der Waals surface area contributed by atoms with E-state index in [1.165, 1.54) is 0 Å². The number of hydrogen-bond donors (Lipinski definition) is 5. The molecule has 0 amide bonds. The Kier molecular flexibility index (Phi) is 4.20. The van der Waals surface area contributed by atoms with Crippen molar-refractivity contribution in [3.05, 3.63) is 0 Å². The number of ether oxygens (including phenoxy) is 1. The standard InChI is InChI=1S/C6H12O9S/c7-3-2(1-14-16(11,12)13)15-6(10)5(9)4(3)8/h2-10H,1H2,(H,11,12,13). The molecule has 0 spiro atoms. The van der Waals surface area contributed by atoms with Crippen molar-refractivity contribution in [2.24, 2.45) is 0 Å². The van der Waals surface area contributed by atoms with Crippen molar-refractivity contribution < 1.29 is 42.3 Å². The van der Waals surface area contributed by atoms with Crippen molar-refractivity contribution in [3.63, 3.8) is 0 Å². The molecule has 96 valence electrons. The van der Waals surface area contributed by atoms with Crippen molar-refractivity contribution in [2.75, 3.05) is 6.61 Å². The molecule has 0 bridgehead atoms. The van der Waals surface area contributed by atoms with Crippen LogP contribution in [0.1, 0.15) is 0 Å². The molecule has 0 aromatic heterocycles. The summed E-state index contributed by atoms with van der Waals surface area (Å²) in [4.78, 5) is 0. The summed E-state index contributed by atoms with van der Waals surface area (Å²) in [6.07, 6.45) is -8.25. The lowest BCUT2D eigenvalue weighted by Gasteiger charge is -2.37. The molecule has 0 aliphatic carbocycles. The maximum absolute atomic E-state index is 10.2. The lowest BCUT2D eigenvalue weighted by atomic mass is 10.00. The molecule has 0 radical (unpaired) electrons. The fourth-order valence-electron chi connectivity index (χ4n) is 1.22. The molecule has 5 unspecified atom stereocenters. The van der Waals surface area contributed by atoms with Crippen LogP contribution in [0.4, 0.5) is 0 Å². The molecular weight excluding hydrogens is 248 g/mol. The zero-order valence-corrected chi connectivity index (χ0v) is 8.69. The van der Waals surface area contributed by atoms with Crippen molar-refractivity contribution in [2.45, 2.75) is 30.7 Å². The van der Waals surface area contributed by atoms with Crippen molar-refractivity contribution in [3.8, 4) is 0 Å². The minimum Gasteiger partial charge on any atom is -0.387 e. The Morgan fingerprint density at radius 3 is 2.12 bits per heavy atom. The minimum absolute atomic E-state index is 0.805. The smallest absolute Gasteiger partial charge is 0.387 e. The lowest BCUT2D eigenvalue weighted by Crippen LogP contribution is -2.58. The van der Waals surface area contributed by atoms with E-state index in [9.17, 15) is 18.6 Å². The SMILES string of the molecule is O=S(=O)(O)OCC1OC(O)C(O)C(O)C1O. The van der Waals surface area contributed by atoms with Gasteiger partial charge in [-0.3, -0.25) is 4.55 Å². The first-order valence-electron chi connectivity index (χ1n) is 4.22. The summed E-state index contributed by atoms with van der Waals surface area (Å²) < 4.78 is 37.2. The topological polar surface area (TPSA) is 154 Å². The van der Waals surface area contributed by atoms with Gasteiger partial charge in [-0.15, -0.1) is 0 Å². The van der Waals surface area contributed by atoms with Gasteiger partial charge in [-0.1, -0.05) is 0 Å². The second-order valence-electron chi connectivity index (χ2n) is 3.25. The van der Waals surface area contributed by atoms with Crippen LogP contribution in [0.3, 0.4) is 0 Å². The largest absolute Gasteiger partial charge is 0.397 e. The van der Waals surface area contributed by atoms with Crippen LogP contribution in [-0.4, -0.2) is 70.7 Å². The fraction of sp³-hybridized carbons (Fsp3) is 1.00. The van der Waals surface area contributed by atoms with Crippen LogP contribution in [0.2, 0.25) is 0 Å². The zero-order chi connectivity index (χ0) is 12.5. The van der Waals surface area contributed by atoms with E-state index >= 15 is 0 Å². The third kappa shape index (κ3) is 3.33. The van der Waals surface area contributed by atoms with Gasteiger partial charge in [0.2, 0.25) is 0 Å². The van der Waals surface area contributed by atoms with Gasteiger partial charge in [0.15, 0.2) is 6.29 Å². The van der Waals surface area contributed by atoms with Crippen molar-refractivity contribution >= 4 is 10.4 Å². The monoisotopic (exact) mass is 260 g/mol. The number of aliphatic hydroxyl groups is 4. The zero-order valence-electron chi connectivity index (χ0n) is 7.87. The van der Waals surface area contributed by atoms with Gasteiger partial charge >= 0.3 is 10.4 Å². The molecule has 10 heteroatoms. The third-order valence-corrected chi connectivity index (χ3v) is 2.50. The first-order chi connectivity index (χ1) is 7.22. The van der Waals surface area contributed by atoms with E-state index in [-0.39, 0.29) is 0 Å². The molecule has 5 atom stereocenters. The summed E-state index contributed by atoms with van der Waals surface area (Å²) in [7, 11) is -4.71. The summed E-state index contributed by atoms with van der Waals surface area (Å²) in [5, 5.41) is 36.7. The highest BCUT2D eigenvalue weighted by molar-refractivity contribution is 7.80. The van der Waals surface area contributed by atoms with Gasteiger partial charge in [-0.25, -0.2) is 4.18 Å². The van der Waals surface area contributed by atoms with Crippen LogP contribution >= 0.6 is 0 Å². The number of aliphatic hydroxyl groups excluding tert-OH is 4. The van der Waals surface area contributed by atoms with Gasteiger partial charge in [0.1, 0.15) is 24.4 Å². The van der Waals surface area contributed by atoms with E-state index in [1.807, 2.05) is 0 Å². The van der Waals surface area contributed by atoms with Crippen molar-refractivity contribution in [1.29, 1.82) is 0 Å². The molecule has 1 rings (SSSR count). The molecule has 0 aromatic carbocycles. The molecule has 9 nitrogen and oxygen atoms in total. The first-order valence-corrected chi connectivity index (χ1v) is 5.58. The van der Waals surface area contributed by atoms with E-state index in [0.717, 1.165) is 0 Å². The van der Waals surface area contributed by atoms with E-state index in [2.05, 4.69) is 8.92 Å². The van der Waals surface area contributed by atoms with Gasteiger partial charge < -0.3 is 25.2 Å². The number of rotatable bonds is 3. The van der Waals surface area contributed by atoms with E-state index < -0.39 is 47.7 Å². The highest BCUT2D eigenvalue weighted by Crippen LogP contribution is 2.20. The van der Waals surface area contributed by atoms with Gasteiger partial charge in [-0.2, -0.15) is 8.42 Å². The third-order valence-electron chi connectivity index (χ3n) is 2.07. The van der Waals surface area contributed by atoms with Gasteiger partial charge in [0.05, 0.1) is 6.61 Å². The average molecular weight is 260 g/mol. The van der Waals surface area contributed by atoms with Crippen LogP contribution in [0.15, 0.2) is 0 Å². The molecule has 1 heterocycles. The minimum atomic E-state index is -4.71. The summed E-state index contributed by atoms with van der Waals surface area (Å²) in [5.41, 5.74) is 0. The van der Waals surface area contributed by atoms with E-state index in [4.69, 9.17) is 14.8 Å². The Morgan fingerprint density at radius 1 is 1.06 bits per heavy atom. The lowest BCUT2D eigenvalue weighted by molar-refractivity contribution is -0.285. The van der Waals surface area contributed by atoms with E-state index in [0.29, 0.717) is 0 Å². The van der Waals surface area contributed by atoms with Crippen LogP contribution in [0, 0.1) is 0 Å². The summed E-state index contributed by atoms with van der Waals surface area (Å²) in [6.45, 7) is -0.805. The van der Waals surface area contributed by atoms with Crippen LogP contribution < -0.4 is 0 Å². The Balaban J connectivity index is 2.61. The van der Waals surface area contributed by atoms with Crippen LogP contribution in [0.25, 0.3) is 0 Å². The fourth-order valence-corrected chi connectivity index (χ4v) is 1.53. The van der Waals surface area contributed by atoms with Gasteiger partial charge in [0, 0.05) is 0 Å². The maximum Gasteiger partial charge on any atom is 0.397 e. The normalized spacial score (nSPS) is 40.9. The predicted octanol–water partition coefficient (Wildman–Crippen LogP) is -3.39. The van der Waals surface area contributed by atoms with Gasteiger partial charge in [-0.05, 0) is 0 Å². The Bertz CT molecular complexity index is 327. The summed E-state index contributed by atoms with van der Waals surface area (Å²) >= 11 is 0. The highest BCUT2D eigenvalue weighted by Gasteiger charge is 2.43. The molecular formula is C6H12O9S. The molecule has 5 N–H and O–H groups in total. The molecule has 1 saturated heterocycles. The summed E-state index contributed by atoms with van der Waals surface area (Å²) in [6, 6.07) is 0. The Morgan fingerprint density at radius 2 is 1.62 bits per heavy atom. The Hall–Kier alpha value is -0.330. The molecule has 1 aliphatic rings. The molecule has 1 aliphatic heterocycles. The van der Waals surface area contributed by atoms with Crippen LogP contribution in [0.5, 0.6) is 0 Å². The van der Waals surface area contributed by atoms with Crippen LogP contribution in [-0.2, 0) is 19.3 Å². The molecule has 0 saturated carbocycles. The number of hydrogen-bond acceptors (Lipinski definition) is 8. The summed E-state index contributed by atoms with van der Waals surface area (Å²) in [5.74, 6) is 0. The molecule has 0 aromatic rings. The first kappa shape index (κ1) is 13.7. The second kappa shape index (κ2) is 4.89.